The van der Waals surface area contributed by atoms with Gasteiger partial charge in [0, 0.05) is 42.1 Å². The second-order valence-electron chi connectivity index (χ2n) is 8.57. The van der Waals surface area contributed by atoms with E-state index in [0.29, 0.717) is 54.7 Å². The SMILES string of the molecule is CCCCCc1nc(-c2ccc(Cl)cc2)cc(=O)n1CC(=O)N1CCC(c2nc(=O)o[nH]2)CC1. The van der Waals surface area contributed by atoms with Gasteiger partial charge in [0.05, 0.1) is 5.69 Å². The van der Waals surface area contributed by atoms with Gasteiger partial charge >= 0.3 is 5.76 Å². The Balaban J connectivity index is 1.50. The number of hydrogen-bond donors (Lipinski definition) is 1. The molecule has 1 aliphatic heterocycles. The minimum absolute atomic E-state index is 0.0420. The van der Waals surface area contributed by atoms with E-state index in [-0.39, 0.29) is 23.9 Å². The van der Waals surface area contributed by atoms with Crippen molar-refractivity contribution in [3.8, 4) is 11.3 Å². The minimum atomic E-state index is -0.641. The van der Waals surface area contributed by atoms with Crippen molar-refractivity contribution in [1.82, 2.24) is 24.6 Å². The molecule has 1 fully saturated rings. The largest absolute Gasteiger partial charge is 0.459 e. The third-order valence-electron chi connectivity index (χ3n) is 6.21. The molecular weight excluding hydrogens is 458 g/mol. The average Bonchev–Trinajstić information content (AvgIpc) is 3.28. The Labute approximate surface area is 201 Å². The van der Waals surface area contributed by atoms with Crippen molar-refractivity contribution < 1.29 is 9.32 Å². The number of halogens is 1. The van der Waals surface area contributed by atoms with Gasteiger partial charge in [-0.2, -0.15) is 4.98 Å². The van der Waals surface area contributed by atoms with Crippen LogP contribution in [0.25, 0.3) is 11.3 Å². The lowest BCUT2D eigenvalue weighted by atomic mass is 9.96. The quantitative estimate of drug-likeness (QED) is 0.489. The highest BCUT2D eigenvalue weighted by molar-refractivity contribution is 6.30. The van der Waals surface area contributed by atoms with Crippen molar-refractivity contribution in [3.63, 3.8) is 0 Å². The molecule has 1 N–H and O–H groups in total. The van der Waals surface area contributed by atoms with Crippen LogP contribution in [-0.2, 0) is 17.8 Å². The zero-order valence-corrected chi connectivity index (χ0v) is 19.9. The number of amides is 1. The fourth-order valence-corrected chi connectivity index (χ4v) is 4.39. The number of likely N-dealkylation sites (tertiary alicyclic amines) is 1. The van der Waals surface area contributed by atoms with E-state index in [1.807, 2.05) is 12.1 Å². The van der Waals surface area contributed by atoms with Gasteiger partial charge in [0.25, 0.3) is 5.56 Å². The predicted molar refractivity (Wildman–Crippen MR) is 128 cm³/mol. The maximum atomic E-state index is 13.1. The van der Waals surface area contributed by atoms with E-state index >= 15 is 0 Å². The second kappa shape index (κ2) is 10.8. The van der Waals surface area contributed by atoms with Crippen LogP contribution in [0.3, 0.4) is 0 Å². The third-order valence-corrected chi connectivity index (χ3v) is 6.47. The van der Waals surface area contributed by atoms with Gasteiger partial charge in [-0.15, -0.1) is 0 Å². The summed E-state index contributed by atoms with van der Waals surface area (Å²) in [7, 11) is 0. The normalized spacial score (nSPS) is 14.5. The molecule has 0 aliphatic carbocycles. The first-order valence-corrected chi connectivity index (χ1v) is 12.0. The molecule has 0 spiro atoms. The van der Waals surface area contributed by atoms with E-state index < -0.39 is 5.76 Å². The van der Waals surface area contributed by atoms with Crippen LogP contribution in [0.15, 0.2) is 44.4 Å². The first-order chi connectivity index (χ1) is 16.4. The van der Waals surface area contributed by atoms with Gasteiger partial charge in [0.2, 0.25) is 5.91 Å². The predicted octanol–water partition coefficient (Wildman–Crippen LogP) is 3.38. The Bertz CT molecular complexity index is 1240. The number of rotatable bonds is 8. The van der Waals surface area contributed by atoms with Gasteiger partial charge in [-0.3, -0.25) is 14.2 Å². The molecule has 9 nitrogen and oxygen atoms in total. The van der Waals surface area contributed by atoms with Gasteiger partial charge in [-0.1, -0.05) is 43.5 Å². The highest BCUT2D eigenvalue weighted by Crippen LogP contribution is 2.25. The molecule has 1 amide bonds. The molecule has 1 aromatic carbocycles. The highest BCUT2D eigenvalue weighted by Gasteiger charge is 2.27. The number of aromatic nitrogens is 4. The topological polar surface area (TPSA) is 114 Å². The molecule has 1 saturated heterocycles. The Morgan fingerprint density at radius 1 is 1.15 bits per heavy atom. The first-order valence-electron chi connectivity index (χ1n) is 11.6. The summed E-state index contributed by atoms with van der Waals surface area (Å²) in [6.45, 7) is 3.12. The molecule has 3 aromatic rings. The van der Waals surface area contributed by atoms with E-state index in [1.54, 1.807) is 17.0 Å². The number of benzene rings is 1. The number of carbonyl (C=O) groups excluding carboxylic acids is 1. The summed E-state index contributed by atoms with van der Waals surface area (Å²) < 4.78 is 6.16. The van der Waals surface area contributed by atoms with Crippen LogP contribution in [-0.4, -0.2) is 43.6 Å². The van der Waals surface area contributed by atoms with Gasteiger partial charge in [-0.25, -0.2) is 14.9 Å². The molecule has 4 rings (SSSR count). The zero-order chi connectivity index (χ0) is 24.1. The molecule has 180 valence electrons. The number of aryl methyl sites for hydroxylation is 1. The molecule has 0 radical (unpaired) electrons. The summed E-state index contributed by atoms with van der Waals surface area (Å²) in [5.41, 5.74) is 1.15. The molecular formula is C24H28ClN5O4. The lowest BCUT2D eigenvalue weighted by Gasteiger charge is -2.31. The molecule has 3 heterocycles. The summed E-state index contributed by atoms with van der Waals surface area (Å²) in [4.78, 5) is 47.7. The molecule has 0 atom stereocenters. The van der Waals surface area contributed by atoms with Crippen LogP contribution in [0, 0.1) is 0 Å². The van der Waals surface area contributed by atoms with Crippen LogP contribution in [0.5, 0.6) is 0 Å². The van der Waals surface area contributed by atoms with E-state index in [0.717, 1.165) is 24.8 Å². The fourth-order valence-electron chi connectivity index (χ4n) is 4.27. The summed E-state index contributed by atoms with van der Waals surface area (Å²) >= 11 is 6.00. The van der Waals surface area contributed by atoms with E-state index in [4.69, 9.17) is 16.6 Å². The number of H-pyrrole nitrogens is 1. The number of aromatic amines is 1. The molecule has 1 aliphatic rings. The van der Waals surface area contributed by atoms with E-state index in [2.05, 4.69) is 21.6 Å². The summed E-state index contributed by atoms with van der Waals surface area (Å²) in [5, 5.41) is 3.17. The molecule has 0 unspecified atom stereocenters. The lowest BCUT2D eigenvalue weighted by Crippen LogP contribution is -2.42. The van der Waals surface area contributed by atoms with Crippen molar-refractivity contribution in [2.75, 3.05) is 13.1 Å². The molecule has 0 bridgehead atoms. The van der Waals surface area contributed by atoms with Gasteiger partial charge in [0.15, 0.2) is 0 Å². The zero-order valence-electron chi connectivity index (χ0n) is 19.1. The molecule has 10 heteroatoms. The summed E-state index contributed by atoms with van der Waals surface area (Å²) in [6, 6.07) is 8.68. The summed E-state index contributed by atoms with van der Waals surface area (Å²) in [6.07, 6.45) is 4.92. The number of carbonyl (C=O) groups is 1. The highest BCUT2D eigenvalue weighted by atomic mass is 35.5. The second-order valence-corrected chi connectivity index (χ2v) is 9.00. The summed E-state index contributed by atoms with van der Waals surface area (Å²) in [5.74, 6) is 0.427. The molecule has 0 saturated carbocycles. The molecule has 34 heavy (non-hydrogen) atoms. The van der Waals surface area contributed by atoms with Gasteiger partial charge in [-0.05, 0) is 31.4 Å². The third kappa shape index (κ3) is 5.64. The van der Waals surface area contributed by atoms with Crippen molar-refractivity contribution >= 4 is 17.5 Å². The number of nitrogens with zero attached hydrogens (tertiary/aromatic N) is 4. The van der Waals surface area contributed by atoms with Crippen molar-refractivity contribution in [3.05, 3.63) is 67.9 Å². The van der Waals surface area contributed by atoms with Gasteiger partial charge < -0.3 is 9.42 Å². The maximum Gasteiger partial charge on any atom is 0.459 e. The first kappa shape index (κ1) is 23.9. The average molecular weight is 486 g/mol. The number of nitrogens with one attached hydrogen (secondary N) is 1. The Kier molecular flexibility index (Phi) is 7.62. The van der Waals surface area contributed by atoms with Crippen molar-refractivity contribution in [2.24, 2.45) is 0 Å². The maximum absolute atomic E-state index is 13.1. The number of piperidine rings is 1. The van der Waals surface area contributed by atoms with Crippen LogP contribution in [0.4, 0.5) is 0 Å². The van der Waals surface area contributed by atoms with Crippen molar-refractivity contribution in [1.29, 1.82) is 0 Å². The van der Waals surface area contributed by atoms with Crippen LogP contribution in [0.1, 0.15) is 56.6 Å². The Morgan fingerprint density at radius 3 is 2.53 bits per heavy atom. The Hall–Kier alpha value is -3.20. The van der Waals surface area contributed by atoms with Crippen molar-refractivity contribution in [2.45, 2.75) is 57.9 Å². The smallest absolute Gasteiger partial charge is 0.341 e. The van der Waals surface area contributed by atoms with E-state index in [9.17, 15) is 14.4 Å². The molecule has 2 aromatic heterocycles. The Morgan fingerprint density at radius 2 is 1.88 bits per heavy atom. The lowest BCUT2D eigenvalue weighted by molar-refractivity contribution is -0.133. The van der Waals surface area contributed by atoms with Gasteiger partial charge in [0.1, 0.15) is 18.2 Å². The van der Waals surface area contributed by atoms with Crippen LogP contribution < -0.4 is 11.3 Å². The number of unbranched alkanes of at least 4 members (excludes halogenated alkanes) is 2. The standard InChI is InChI=1S/C24H28ClN5O4/c1-2-3-4-5-20-26-19(16-6-8-18(25)9-7-16)14-21(31)30(20)15-22(32)29-12-10-17(11-13-29)23-27-24(33)34-28-23/h6-9,14,17H,2-5,10-13,15H2,1H3,(H,27,28,33). The van der Waals surface area contributed by atoms with Crippen LogP contribution in [0.2, 0.25) is 5.02 Å². The monoisotopic (exact) mass is 485 g/mol. The van der Waals surface area contributed by atoms with E-state index in [1.165, 1.54) is 10.6 Å². The fraction of sp³-hybridized carbons (Fsp3) is 0.458. The minimum Gasteiger partial charge on any atom is -0.341 e. The number of hydrogen-bond acceptors (Lipinski definition) is 6. The van der Waals surface area contributed by atoms with Crippen LogP contribution >= 0.6 is 11.6 Å².